The van der Waals surface area contributed by atoms with E-state index < -0.39 is 16.2 Å². The third-order valence-electron chi connectivity index (χ3n) is 12.6. The molecule has 1 unspecified atom stereocenters. The number of nitrogens with zero attached hydrogens (tertiary/aromatic N) is 1. The summed E-state index contributed by atoms with van der Waals surface area (Å²) < 4.78 is 0. The Labute approximate surface area is 228 Å². The Bertz CT molecular complexity index is 1220. The summed E-state index contributed by atoms with van der Waals surface area (Å²) in [6.07, 6.45) is 9.99. The maximum Gasteiger partial charge on any atom is 0.226 e. The first-order valence-electron chi connectivity index (χ1n) is 14.8. The summed E-state index contributed by atoms with van der Waals surface area (Å²) in [6.45, 7) is 17.9. The minimum absolute atomic E-state index is 0.0128. The van der Waals surface area contributed by atoms with E-state index >= 15 is 0 Å². The molecule has 0 heterocycles. The summed E-state index contributed by atoms with van der Waals surface area (Å²) >= 11 is 0. The zero-order chi connectivity index (χ0) is 28.1. The summed E-state index contributed by atoms with van der Waals surface area (Å²) in [7, 11) is 0. The van der Waals surface area contributed by atoms with E-state index in [4.69, 9.17) is 0 Å². The molecule has 0 bridgehead atoms. The van der Waals surface area contributed by atoms with Crippen LogP contribution in [0.5, 0.6) is 0 Å². The molecule has 5 heteroatoms. The number of amides is 1. The minimum Gasteiger partial charge on any atom is -0.356 e. The van der Waals surface area contributed by atoms with Gasteiger partial charge in [0.15, 0.2) is 11.6 Å². The quantitative estimate of drug-likeness (QED) is 0.462. The van der Waals surface area contributed by atoms with Crippen LogP contribution < -0.4 is 5.32 Å². The highest BCUT2D eigenvalue weighted by Crippen LogP contribution is 2.74. The molecule has 0 aromatic heterocycles. The van der Waals surface area contributed by atoms with E-state index in [0.29, 0.717) is 6.54 Å². The summed E-state index contributed by atoms with van der Waals surface area (Å²) in [5, 5.41) is 13.0. The van der Waals surface area contributed by atoms with Crippen molar-refractivity contribution < 1.29 is 14.4 Å². The molecular formula is C33H46N2O3. The fourth-order valence-electron chi connectivity index (χ4n) is 10.4. The number of rotatable bonds is 2. The molecule has 5 rings (SSSR count). The Morgan fingerprint density at radius 1 is 1.03 bits per heavy atom. The van der Waals surface area contributed by atoms with Crippen LogP contribution in [0.25, 0.3) is 0 Å². The Morgan fingerprint density at radius 3 is 2.32 bits per heavy atom. The fourth-order valence-corrected chi connectivity index (χ4v) is 10.4. The zero-order valence-electron chi connectivity index (χ0n) is 24.7. The molecule has 0 radical (unpaired) electrons. The number of allylic oxidation sites excluding steroid dienone is 4. The van der Waals surface area contributed by atoms with Crippen molar-refractivity contribution >= 4 is 17.5 Å². The van der Waals surface area contributed by atoms with Crippen LogP contribution in [-0.4, -0.2) is 24.0 Å². The molecule has 1 amide bonds. The van der Waals surface area contributed by atoms with Gasteiger partial charge in [-0.2, -0.15) is 5.26 Å². The minimum atomic E-state index is -0.662. The molecule has 0 aromatic carbocycles. The van der Waals surface area contributed by atoms with Crippen LogP contribution in [0.15, 0.2) is 23.3 Å². The second-order valence-electron chi connectivity index (χ2n) is 15.3. The van der Waals surface area contributed by atoms with Gasteiger partial charge in [0.1, 0.15) is 6.07 Å². The molecule has 38 heavy (non-hydrogen) atoms. The third kappa shape index (κ3) is 3.24. The normalized spacial score (nSPS) is 44.8. The van der Waals surface area contributed by atoms with Crippen LogP contribution in [0.1, 0.15) is 100 Å². The molecule has 7 atom stereocenters. The summed E-state index contributed by atoms with van der Waals surface area (Å²) in [5.74, 6) is 0.0635. The molecule has 5 aliphatic rings. The van der Waals surface area contributed by atoms with Gasteiger partial charge in [0, 0.05) is 23.3 Å². The number of carbonyl (C=O) groups excluding carboxylic acids is 3. The smallest absolute Gasteiger partial charge is 0.226 e. The second-order valence-corrected chi connectivity index (χ2v) is 15.3. The fraction of sp³-hybridized carbons (Fsp3) is 0.758. The van der Waals surface area contributed by atoms with Crippen molar-refractivity contribution in [3.8, 4) is 6.07 Å². The topological polar surface area (TPSA) is 87.0 Å². The van der Waals surface area contributed by atoms with E-state index in [-0.39, 0.29) is 57.0 Å². The predicted octanol–water partition coefficient (Wildman–Crippen LogP) is 6.34. The van der Waals surface area contributed by atoms with Crippen LogP contribution in [-0.2, 0) is 14.4 Å². The van der Waals surface area contributed by atoms with Crippen LogP contribution in [0.4, 0.5) is 0 Å². The molecule has 3 saturated carbocycles. The van der Waals surface area contributed by atoms with E-state index in [2.05, 4.69) is 46.0 Å². The van der Waals surface area contributed by atoms with Crippen molar-refractivity contribution in [1.82, 2.24) is 5.32 Å². The van der Waals surface area contributed by atoms with E-state index in [0.717, 1.165) is 50.5 Å². The summed E-state index contributed by atoms with van der Waals surface area (Å²) in [5.41, 5.74) is -0.788. The molecule has 206 valence electrons. The Morgan fingerprint density at radius 2 is 1.68 bits per heavy atom. The summed E-state index contributed by atoms with van der Waals surface area (Å²) in [6, 6.07) is 2.18. The molecule has 0 aromatic rings. The first-order valence-corrected chi connectivity index (χ1v) is 14.8. The van der Waals surface area contributed by atoms with Crippen molar-refractivity contribution in [2.75, 3.05) is 6.54 Å². The number of carbonyl (C=O) groups is 3. The molecule has 0 saturated heterocycles. The van der Waals surface area contributed by atoms with E-state index in [1.807, 2.05) is 32.9 Å². The summed E-state index contributed by atoms with van der Waals surface area (Å²) in [4.78, 5) is 41.4. The maximum absolute atomic E-state index is 14.5. The van der Waals surface area contributed by atoms with Crippen molar-refractivity contribution in [3.63, 3.8) is 0 Å². The molecule has 1 N–H and O–H groups in total. The van der Waals surface area contributed by atoms with Gasteiger partial charge in [-0.05, 0) is 86.0 Å². The Balaban J connectivity index is 1.69. The van der Waals surface area contributed by atoms with Gasteiger partial charge in [0.05, 0.1) is 11.0 Å². The van der Waals surface area contributed by atoms with Crippen molar-refractivity contribution in [1.29, 1.82) is 5.26 Å². The van der Waals surface area contributed by atoms with Gasteiger partial charge in [-0.1, -0.05) is 60.1 Å². The van der Waals surface area contributed by atoms with Crippen molar-refractivity contribution in [2.45, 2.75) is 100 Å². The lowest BCUT2D eigenvalue weighted by molar-refractivity contribution is -0.178. The number of hydrogen-bond donors (Lipinski definition) is 1. The van der Waals surface area contributed by atoms with Gasteiger partial charge in [-0.3, -0.25) is 14.4 Å². The van der Waals surface area contributed by atoms with Gasteiger partial charge in [0.2, 0.25) is 5.91 Å². The van der Waals surface area contributed by atoms with Gasteiger partial charge in [0.25, 0.3) is 0 Å². The average Bonchev–Trinajstić information content (AvgIpc) is 2.82. The highest BCUT2D eigenvalue weighted by atomic mass is 16.2. The molecule has 0 aliphatic heterocycles. The van der Waals surface area contributed by atoms with E-state index in [1.165, 1.54) is 0 Å². The lowest BCUT2D eigenvalue weighted by atomic mass is 9.34. The van der Waals surface area contributed by atoms with E-state index in [1.54, 1.807) is 0 Å². The zero-order valence-corrected chi connectivity index (χ0v) is 24.7. The molecule has 5 aliphatic carbocycles. The van der Waals surface area contributed by atoms with Gasteiger partial charge in [-0.25, -0.2) is 0 Å². The number of Topliss-reactive ketones (excluding diaryl/α,β-unsaturated/α-hetero) is 1. The third-order valence-corrected chi connectivity index (χ3v) is 12.6. The number of ketones is 2. The Hall–Kier alpha value is -2.22. The second kappa shape index (κ2) is 8.15. The van der Waals surface area contributed by atoms with Crippen LogP contribution >= 0.6 is 0 Å². The van der Waals surface area contributed by atoms with Crippen LogP contribution in [0, 0.1) is 61.6 Å². The number of hydrogen-bond acceptors (Lipinski definition) is 4. The first-order chi connectivity index (χ1) is 17.5. The Kier molecular flexibility index (Phi) is 5.87. The van der Waals surface area contributed by atoms with Gasteiger partial charge < -0.3 is 5.32 Å². The van der Waals surface area contributed by atoms with Gasteiger partial charge >= 0.3 is 0 Å². The molecular weight excluding hydrogens is 472 g/mol. The first kappa shape index (κ1) is 27.4. The lowest BCUT2D eigenvalue weighted by Crippen LogP contribution is -2.66. The maximum atomic E-state index is 14.5. The highest BCUT2D eigenvalue weighted by molar-refractivity contribution is 6.04. The van der Waals surface area contributed by atoms with Gasteiger partial charge in [-0.15, -0.1) is 0 Å². The van der Waals surface area contributed by atoms with Crippen molar-refractivity contribution in [2.24, 2.45) is 50.2 Å². The van der Waals surface area contributed by atoms with E-state index in [9.17, 15) is 19.6 Å². The number of nitriles is 1. The standard InChI is InChI=1S/C33H46N2O3/c1-9-35-27(38)33-14-12-28(2,3)18-21(33)25-22(36)16-24-30(6)17-20(19-34)26(37)29(4,5)23(30)10-11-31(24,7)32(25,8)13-15-33/h16-17,21,23,25H,9-15,18H2,1-8H3,(H,35,38)/t21-,23?,25+,30+,31-,32-,33+/m1/s1. The predicted molar refractivity (Wildman–Crippen MR) is 148 cm³/mol. The average molecular weight is 519 g/mol. The molecule has 0 spiro atoms. The molecule has 5 nitrogen and oxygen atoms in total. The molecule has 3 fully saturated rings. The number of fused-ring (bicyclic) bond motifs is 7. The highest BCUT2D eigenvalue weighted by Gasteiger charge is 2.70. The monoisotopic (exact) mass is 518 g/mol. The largest absolute Gasteiger partial charge is 0.356 e. The van der Waals surface area contributed by atoms with Crippen LogP contribution in [0.3, 0.4) is 0 Å². The number of nitrogens with one attached hydrogen (secondary N) is 1. The lowest BCUT2D eigenvalue weighted by Gasteiger charge is -2.69. The SMILES string of the molecule is CCNC(=O)[C@]12CCC(C)(C)C[C@@H]1[C@H]1C(=O)C=C3[C@@]4(C)C=C(C#N)C(=O)C(C)(C)C4CC[C@@]3(C)[C@]1(C)CC2. The van der Waals surface area contributed by atoms with Crippen LogP contribution in [0.2, 0.25) is 0 Å². The van der Waals surface area contributed by atoms with Crippen molar-refractivity contribution in [3.05, 3.63) is 23.3 Å².